The van der Waals surface area contributed by atoms with Gasteiger partial charge in [-0.05, 0) is 25.0 Å². The number of benzene rings is 1. The zero-order valence-electron chi connectivity index (χ0n) is 8.95. The Kier molecular flexibility index (Phi) is 5.41. The van der Waals surface area contributed by atoms with Gasteiger partial charge in [0, 0.05) is 20.9 Å². The lowest BCUT2D eigenvalue weighted by molar-refractivity contribution is -0.385. The molecule has 0 saturated carbocycles. The van der Waals surface area contributed by atoms with E-state index in [1.165, 1.54) is 0 Å². The third-order valence-corrected chi connectivity index (χ3v) is 3.56. The van der Waals surface area contributed by atoms with Gasteiger partial charge < -0.3 is 0 Å². The second-order valence-corrected chi connectivity index (χ2v) is 5.83. The summed E-state index contributed by atoms with van der Waals surface area (Å²) in [5.41, 5.74) is 0.971. The predicted octanol–water partition coefficient (Wildman–Crippen LogP) is 4.46. The van der Waals surface area contributed by atoms with Crippen LogP contribution in [0.25, 0.3) is 0 Å². The van der Waals surface area contributed by atoms with Crippen molar-refractivity contribution in [2.45, 2.75) is 31.0 Å². The quantitative estimate of drug-likeness (QED) is 0.447. The fourth-order valence-corrected chi connectivity index (χ4v) is 2.76. The van der Waals surface area contributed by atoms with Crippen LogP contribution in [0, 0.1) is 10.1 Å². The minimum absolute atomic E-state index is 0.198. The van der Waals surface area contributed by atoms with E-state index in [-0.39, 0.29) is 10.6 Å². The first kappa shape index (κ1) is 13.6. The molecule has 1 atom stereocenters. The highest BCUT2D eigenvalue weighted by molar-refractivity contribution is 9.10. The van der Waals surface area contributed by atoms with Crippen molar-refractivity contribution < 1.29 is 4.92 Å². The first-order chi connectivity index (χ1) is 7.54. The highest BCUT2D eigenvalue weighted by atomic mass is 79.9. The van der Waals surface area contributed by atoms with Crippen molar-refractivity contribution in [1.82, 2.24) is 0 Å². The van der Waals surface area contributed by atoms with E-state index in [2.05, 4.69) is 38.8 Å². The molecule has 3 nitrogen and oxygen atoms in total. The summed E-state index contributed by atoms with van der Waals surface area (Å²) in [4.78, 5) is 10.8. The Morgan fingerprint density at radius 1 is 1.50 bits per heavy atom. The third-order valence-electron chi connectivity index (χ3n) is 2.28. The standard InChI is InChI=1S/C11H13Br2NO2/c1-2-3-9(12)6-8-7-10(13)4-5-11(8)14(15)16/h4-5,7,9H,2-3,6H2,1H3. The maximum atomic E-state index is 10.8. The molecule has 0 bridgehead atoms. The third kappa shape index (κ3) is 3.87. The van der Waals surface area contributed by atoms with Crippen LogP contribution in [-0.2, 0) is 6.42 Å². The maximum Gasteiger partial charge on any atom is 0.272 e. The normalized spacial score (nSPS) is 12.4. The number of nitro groups is 1. The molecule has 0 spiro atoms. The van der Waals surface area contributed by atoms with Gasteiger partial charge in [-0.15, -0.1) is 0 Å². The molecule has 0 amide bonds. The van der Waals surface area contributed by atoms with Crippen LogP contribution in [0.2, 0.25) is 0 Å². The number of alkyl halides is 1. The molecular weight excluding hydrogens is 338 g/mol. The molecule has 0 aliphatic carbocycles. The number of nitrogens with zero attached hydrogens (tertiary/aromatic N) is 1. The highest BCUT2D eigenvalue weighted by Crippen LogP contribution is 2.26. The molecule has 0 aromatic heterocycles. The van der Waals surface area contributed by atoms with E-state index in [0.29, 0.717) is 11.2 Å². The molecule has 0 aliphatic rings. The lowest BCUT2D eigenvalue weighted by atomic mass is 10.1. The fraction of sp³-hybridized carbons (Fsp3) is 0.455. The van der Waals surface area contributed by atoms with Gasteiger partial charge in [0.1, 0.15) is 0 Å². The summed E-state index contributed by atoms with van der Waals surface area (Å²) in [6.07, 6.45) is 2.77. The summed E-state index contributed by atoms with van der Waals surface area (Å²) in [5.74, 6) is 0. The Labute approximate surface area is 112 Å². The number of halogens is 2. The Hall–Kier alpha value is -0.420. The Balaban J connectivity index is 2.92. The highest BCUT2D eigenvalue weighted by Gasteiger charge is 2.16. The van der Waals surface area contributed by atoms with Gasteiger partial charge >= 0.3 is 0 Å². The SMILES string of the molecule is CCCC(Br)Cc1cc(Br)ccc1[N+](=O)[O-]. The second-order valence-electron chi connectivity index (χ2n) is 3.62. The van der Waals surface area contributed by atoms with Gasteiger partial charge in [-0.3, -0.25) is 10.1 Å². The van der Waals surface area contributed by atoms with Gasteiger partial charge in [-0.1, -0.05) is 45.2 Å². The molecular formula is C11H13Br2NO2. The number of hydrogen-bond acceptors (Lipinski definition) is 2. The van der Waals surface area contributed by atoms with Crippen LogP contribution < -0.4 is 0 Å². The molecule has 1 unspecified atom stereocenters. The number of rotatable bonds is 5. The predicted molar refractivity (Wildman–Crippen MR) is 72.1 cm³/mol. The van der Waals surface area contributed by atoms with Crippen molar-refractivity contribution in [2.75, 3.05) is 0 Å². The average Bonchev–Trinajstić information content (AvgIpc) is 2.17. The van der Waals surface area contributed by atoms with E-state index < -0.39 is 0 Å². The van der Waals surface area contributed by atoms with Crippen LogP contribution in [0.4, 0.5) is 5.69 Å². The first-order valence-corrected chi connectivity index (χ1v) is 6.82. The molecule has 0 radical (unpaired) electrons. The van der Waals surface area contributed by atoms with E-state index in [0.717, 1.165) is 22.9 Å². The van der Waals surface area contributed by atoms with Gasteiger partial charge in [0.2, 0.25) is 0 Å². The van der Waals surface area contributed by atoms with Crippen molar-refractivity contribution in [1.29, 1.82) is 0 Å². The van der Waals surface area contributed by atoms with Crippen molar-refractivity contribution >= 4 is 37.5 Å². The minimum atomic E-state index is -0.326. The molecule has 1 aromatic rings. The van der Waals surface area contributed by atoms with Gasteiger partial charge in [-0.2, -0.15) is 0 Å². The molecule has 0 heterocycles. The van der Waals surface area contributed by atoms with Crippen LogP contribution >= 0.6 is 31.9 Å². The number of hydrogen-bond donors (Lipinski definition) is 0. The number of nitro benzene ring substituents is 1. The van der Waals surface area contributed by atoms with Gasteiger partial charge in [0.05, 0.1) is 4.92 Å². The molecule has 16 heavy (non-hydrogen) atoms. The second kappa shape index (κ2) is 6.35. The maximum absolute atomic E-state index is 10.8. The molecule has 1 aromatic carbocycles. The molecule has 5 heteroatoms. The van der Waals surface area contributed by atoms with Crippen LogP contribution in [0.3, 0.4) is 0 Å². The van der Waals surface area contributed by atoms with Crippen LogP contribution in [-0.4, -0.2) is 9.75 Å². The topological polar surface area (TPSA) is 43.1 Å². The van der Waals surface area contributed by atoms with Gasteiger partial charge in [-0.25, -0.2) is 0 Å². The smallest absolute Gasteiger partial charge is 0.258 e. The first-order valence-electron chi connectivity index (χ1n) is 5.11. The van der Waals surface area contributed by atoms with Crippen LogP contribution in [0.15, 0.2) is 22.7 Å². The monoisotopic (exact) mass is 349 g/mol. The van der Waals surface area contributed by atoms with Crippen molar-refractivity contribution in [3.05, 3.63) is 38.3 Å². The van der Waals surface area contributed by atoms with E-state index in [1.807, 2.05) is 6.07 Å². The summed E-state index contributed by atoms with van der Waals surface area (Å²) in [6.45, 7) is 2.10. The molecule has 1 rings (SSSR count). The van der Waals surface area contributed by atoms with Gasteiger partial charge in [0.15, 0.2) is 0 Å². The van der Waals surface area contributed by atoms with Gasteiger partial charge in [0.25, 0.3) is 5.69 Å². The lowest BCUT2D eigenvalue weighted by Crippen LogP contribution is -2.05. The molecule has 88 valence electrons. The Morgan fingerprint density at radius 3 is 2.75 bits per heavy atom. The zero-order chi connectivity index (χ0) is 12.1. The Morgan fingerprint density at radius 2 is 2.19 bits per heavy atom. The fourth-order valence-electron chi connectivity index (χ4n) is 1.55. The summed E-state index contributed by atoms with van der Waals surface area (Å²) in [7, 11) is 0. The van der Waals surface area contributed by atoms with E-state index in [4.69, 9.17) is 0 Å². The van der Waals surface area contributed by atoms with E-state index in [1.54, 1.807) is 12.1 Å². The van der Waals surface area contributed by atoms with Crippen molar-refractivity contribution in [3.63, 3.8) is 0 Å². The largest absolute Gasteiger partial charge is 0.272 e. The Bertz CT molecular complexity index is 382. The zero-order valence-corrected chi connectivity index (χ0v) is 12.1. The van der Waals surface area contributed by atoms with Crippen LogP contribution in [0.5, 0.6) is 0 Å². The minimum Gasteiger partial charge on any atom is -0.258 e. The van der Waals surface area contributed by atoms with E-state index in [9.17, 15) is 10.1 Å². The molecule has 0 fully saturated rings. The molecule has 0 aliphatic heterocycles. The summed E-state index contributed by atoms with van der Waals surface area (Å²) >= 11 is 6.88. The summed E-state index contributed by atoms with van der Waals surface area (Å²) < 4.78 is 0.879. The summed E-state index contributed by atoms with van der Waals surface area (Å²) in [5, 5.41) is 10.8. The van der Waals surface area contributed by atoms with Crippen LogP contribution in [0.1, 0.15) is 25.3 Å². The van der Waals surface area contributed by atoms with E-state index >= 15 is 0 Å². The molecule has 0 N–H and O–H groups in total. The van der Waals surface area contributed by atoms with Crippen molar-refractivity contribution in [3.8, 4) is 0 Å². The molecule has 0 saturated heterocycles. The van der Waals surface area contributed by atoms with Crippen molar-refractivity contribution in [2.24, 2.45) is 0 Å². The summed E-state index contributed by atoms with van der Waals surface area (Å²) in [6, 6.07) is 5.07. The lowest BCUT2D eigenvalue weighted by Gasteiger charge is -2.09. The average molecular weight is 351 g/mol.